The number of carbonyl (C=O) groups is 1. The molecule has 25 heavy (non-hydrogen) atoms. The first kappa shape index (κ1) is 17.5. The number of aromatic nitrogens is 3. The van der Waals surface area contributed by atoms with Crippen molar-refractivity contribution in [1.29, 1.82) is 0 Å². The molecule has 0 saturated carbocycles. The Balaban J connectivity index is 1.93. The van der Waals surface area contributed by atoms with Crippen LogP contribution >= 0.6 is 0 Å². The Morgan fingerprint density at radius 3 is 2.64 bits per heavy atom. The normalized spacial score (nSPS) is 18.2. The van der Waals surface area contributed by atoms with Gasteiger partial charge in [-0.3, -0.25) is 9.78 Å². The van der Waals surface area contributed by atoms with E-state index >= 15 is 0 Å². The SMILES string of the molecule is Cc1ncc(-c2ccncc2)c([C@@H]2CCCN(C(=O)C(C)(C)C)C2)n1. The van der Waals surface area contributed by atoms with Gasteiger partial charge in [-0.25, -0.2) is 9.97 Å². The van der Waals surface area contributed by atoms with Crippen LogP contribution in [0.1, 0.15) is 51.0 Å². The van der Waals surface area contributed by atoms with Gasteiger partial charge in [0, 0.05) is 48.6 Å². The molecule has 1 fully saturated rings. The van der Waals surface area contributed by atoms with Crippen molar-refractivity contribution in [3.63, 3.8) is 0 Å². The first-order valence-corrected chi connectivity index (χ1v) is 8.89. The zero-order valence-corrected chi connectivity index (χ0v) is 15.5. The largest absolute Gasteiger partial charge is 0.342 e. The third kappa shape index (κ3) is 3.86. The number of pyridine rings is 1. The van der Waals surface area contributed by atoms with E-state index in [4.69, 9.17) is 4.98 Å². The van der Waals surface area contributed by atoms with Crippen LogP contribution in [0.15, 0.2) is 30.7 Å². The lowest BCUT2D eigenvalue weighted by Crippen LogP contribution is -2.44. The van der Waals surface area contributed by atoms with Gasteiger partial charge in [0.25, 0.3) is 0 Å². The zero-order chi connectivity index (χ0) is 18.0. The summed E-state index contributed by atoms with van der Waals surface area (Å²) in [5.74, 6) is 1.23. The Morgan fingerprint density at radius 2 is 1.96 bits per heavy atom. The molecule has 0 aromatic carbocycles. The van der Waals surface area contributed by atoms with Gasteiger partial charge in [0.2, 0.25) is 5.91 Å². The molecule has 1 aliphatic heterocycles. The van der Waals surface area contributed by atoms with Crippen LogP contribution < -0.4 is 0 Å². The molecule has 0 spiro atoms. The lowest BCUT2D eigenvalue weighted by atomic mass is 9.87. The van der Waals surface area contributed by atoms with Gasteiger partial charge in [-0.2, -0.15) is 0 Å². The van der Waals surface area contributed by atoms with Crippen LogP contribution in [-0.4, -0.2) is 38.8 Å². The highest BCUT2D eigenvalue weighted by Crippen LogP contribution is 2.34. The fourth-order valence-corrected chi connectivity index (χ4v) is 3.41. The average molecular weight is 338 g/mol. The van der Waals surface area contributed by atoms with Crippen LogP contribution in [0, 0.1) is 12.3 Å². The first-order chi connectivity index (χ1) is 11.9. The van der Waals surface area contributed by atoms with Gasteiger partial charge in [-0.1, -0.05) is 20.8 Å². The van der Waals surface area contributed by atoms with E-state index in [1.165, 1.54) is 0 Å². The van der Waals surface area contributed by atoms with E-state index in [2.05, 4.69) is 9.97 Å². The molecule has 1 saturated heterocycles. The molecule has 0 aliphatic carbocycles. The smallest absolute Gasteiger partial charge is 0.227 e. The van der Waals surface area contributed by atoms with Crippen LogP contribution in [0.4, 0.5) is 0 Å². The summed E-state index contributed by atoms with van der Waals surface area (Å²) in [4.78, 5) is 28.0. The number of hydrogen-bond donors (Lipinski definition) is 0. The predicted octanol–water partition coefficient (Wildman–Crippen LogP) is 3.60. The first-order valence-electron chi connectivity index (χ1n) is 8.89. The minimum atomic E-state index is -0.350. The fraction of sp³-hybridized carbons (Fsp3) is 0.500. The van der Waals surface area contributed by atoms with Crippen molar-refractivity contribution in [3.05, 3.63) is 42.2 Å². The molecular formula is C20H26N4O. The molecule has 1 amide bonds. The molecule has 1 atom stereocenters. The Hall–Kier alpha value is -2.30. The second-order valence-corrected chi connectivity index (χ2v) is 7.79. The molecule has 5 nitrogen and oxygen atoms in total. The van der Waals surface area contributed by atoms with Gasteiger partial charge in [-0.15, -0.1) is 0 Å². The van der Waals surface area contributed by atoms with E-state index in [0.717, 1.165) is 48.6 Å². The number of rotatable bonds is 2. The van der Waals surface area contributed by atoms with Crippen molar-refractivity contribution in [3.8, 4) is 11.1 Å². The van der Waals surface area contributed by atoms with Crippen LogP contribution in [0.25, 0.3) is 11.1 Å². The number of nitrogens with zero attached hydrogens (tertiary/aromatic N) is 4. The third-order valence-electron chi connectivity index (χ3n) is 4.67. The molecule has 5 heteroatoms. The summed E-state index contributed by atoms with van der Waals surface area (Å²) in [5.41, 5.74) is 2.81. The maximum absolute atomic E-state index is 12.7. The van der Waals surface area contributed by atoms with Crippen molar-refractivity contribution < 1.29 is 4.79 Å². The Labute approximate surface area is 149 Å². The summed E-state index contributed by atoms with van der Waals surface area (Å²) in [6.45, 7) is 9.43. The van der Waals surface area contributed by atoms with E-state index in [9.17, 15) is 4.79 Å². The van der Waals surface area contributed by atoms with Crippen molar-refractivity contribution in [2.24, 2.45) is 5.41 Å². The molecule has 1 aliphatic rings. The van der Waals surface area contributed by atoms with Crippen LogP contribution in [-0.2, 0) is 4.79 Å². The van der Waals surface area contributed by atoms with Gasteiger partial charge in [0.15, 0.2) is 0 Å². The third-order valence-corrected chi connectivity index (χ3v) is 4.67. The molecule has 2 aromatic rings. The average Bonchev–Trinajstić information content (AvgIpc) is 2.61. The van der Waals surface area contributed by atoms with Crippen molar-refractivity contribution in [2.75, 3.05) is 13.1 Å². The summed E-state index contributed by atoms with van der Waals surface area (Å²) in [6, 6.07) is 3.97. The van der Waals surface area contributed by atoms with Gasteiger partial charge >= 0.3 is 0 Å². The molecule has 2 aromatic heterocycles. The molecule has 3 rings (SSSR count). The highest BCUT2D eigenvalue weighted by molar-refractivity contribution is 5.81. The summed E-state index contributed by atoms with van der Waals surface area (Å²) >= 11 is 0. The second kappa shape index (κ2) is 6.90. The van der Waals surface area contributed by atoms with Crippen LogP contribution in [0.3, 0.4) is 0 Å². The van der Waals surface area contributed by atoms with Gasteiger partial charge < -0.3 is 4.90 Å². The Kier molecular flexibility index (Phi) is 4.84. The van der Waals surface area contributed by atoms with Crippen molar-refractivity contribution in [1.82, 2.24) is 19.9 Å². The molecule has 0 N–H and O–H groups in total. The summed E-state index contributed by atoms with van der Waals surface area (Å²) < 4.78 is 0. The van der Waals surface area contributed by atoms with E-state index in [-0.39, 0.29) is 17.2 Å². The highest BCUT2D eigenvalue weighted by atomic mass is 16.2. The van der Waals surface area contributed by atoms with Gasteiger partial charge in [0.05, 0.1) is 5.69 Å². The predicted molar refractivity (Wildman–Crippen MR) is 98.0 cm³/mol. The maximum atomic E-state index is 12.7. The molecule has 0 unspecified atom stereocenters. The van der Waals surface area contributed by atoms with E-state index in [1.807, 2.05) is 50.9 Å². The quantitative estimate of drug-likeness (QED) is 0.839. The second-order valence-electron chi connectivity index (χ2n) is 7.79. The summed E-state index contributed by atoms with van der Waals surface area (Å²) in [5, 5.41) is 0. The highest BCUT2D eigenvalue weighted by Gasteiger charge is 2.32. The molecule has 3 heterocycles. The topological polar surface area (TPSA) is 59.0 Å². The zero-order valence-electron chi connectivity index (χ0n) is 15.5. The number of aryl methyl sites for hydroxylation is 1. The van der Waals surface area contributed by atoms with Gasteiger partial charge in [0.1, 0.15) is 5.82 Å². The number of likely N-dealkylation sites (tertiary alicyclic amines) is 1. The molecular weight excluding hydrogens is 312 g/mol. The summed E-state index contributed by atoms with van der Waals surface area (Å²) in [6.07, 6.45) is 7.52. The van der Waals surface area contributed by atoms with Crippen LogP contribution in [0.5, 0.6) is 0 Å². The monoisotopic (exact) mass is 338 g/mol. The minimum absolute atomic E-state index is 0.216. The lowest BCUT2D eigenvalue weighted by Gasteiger charge is -2.36. The number of piperidine rings is 1. The van der Waals surface area contributed by atoms with Crippen molar-refractivity contribution in [2.45, 2.75) is 46.5 Å². The minimum Gasteiger partial charge on any atom is -0.342 e. The maximum Gasteiger partial charge on any atom is 0.227 e. The molecule has 0 bridgehead atoms. The van der Waals surface area contributed by atoms with Gasteiger partial charge in [-0.05, 0) is 37.5 Å². The van der Waals surface area contributed by atoms with Crippen molar-refractivity contribution >= 4 is 5.91 Å². The standard InChI is InChI=1S/C20H26N4O/c1-14-22-12-17(15-7-9-21-10-8-15)18(23-14)16-6-5-11-24(13-16)19(25)20(2,3)4/h7-10,12,16H,5-6,11,13H2,1-4H3/t16-/m1/s1. The number of hydrogen-bond acceptors (Lipinski definition) is 4. The number of amides is 1. The summed E-state index contributed by atoms with van der Waals surface area (Å²) in [7, 11) is 0. The molecule has 0 radical (unpaired) electrons. The van der Waals surface area contributed by atoms with E-state index in [0.29, 0.717) is 0 Å². The number of carbonyl (C=O) groups excluding carboxylic acids is 1. The van der Waals surface area contributed by atoms with E-state index in [1.54, 1.807) is 12.4 Å². The Bertz CT molecular complexity index is 752. The Morgan fingerprint density at radius 1 is 1.24 bits per heavy atom. The molecule has 132 valence electrons. The van der Waals surface area contributed by atoms with E-state index < -0.39 is 0 Å². The lowest BCUT2D eigenvalue weighted by molar-refractivity contribution is -0.140. The fourth-order valence-electron chi connectivity index (χ4n) is 3.41. The van der Waals surface area contributed by atoms with Crippen LogP contribution in [0.2, 0.25) is 0 Å².